The second-order valence-corrected chi connectivity index (χ2v) is 6.49. The highest BCUT2D eigenvalue weighted by Crippen LogP contribution is 2.27. The highest BCUT2D eigenvalue weighted by Gasteiger charge is 2.43. The number of amides is 2. The summed E-state index contributed by atoms with van der Waals surface area (Å²) in [5, 5.41) is 9.97. The summed E-state index contributed by atoms with van der Waals surface area (Å²) in [5.74, 6) is -0.0649. The maximum absolute atomic E-state index is 12.4. The largest absolute Gasteiger partial charge is 0.444 e. The van der Waals surface area contributed by atoms with Crippen molar-refractivity contribution in [1.29, 1.82) is 0 Å². The predicted molar refractivity (Wildman–Crippen MR) is 72.9 cm³/mol. The van der Waals surface area contributed by atoms with Gasteiger partial charge >= 0.3 is 6.09 Å². The molecule has 0 spiro atoms. The van der Waals surface area contributed by atoms with E-state index in [1.807, 2.05) is 0 Å². The molecule has 2 rings (SSSR count). The van der Waals surface area contributed by atoms with E-state index in [0.717, 1.165) is 25.9 Å². The van der Waals surface area contributed by atoms with Gasteiger partial charge in [0.15, 0.2) is 0 Å². The molecule has 0 bridgehead atoms. The van der Waals surface area contributed by atoms with Crippen LogP contribution >= 0.6 is 0 Å². The molecule has 0 aromatic heterocycles. The minimum Gasteiger partial charge on any atom is -0.444 e. The zero-order valence-corrected chi connectivity index (χ0v) is 12.5. The fourth-order valence-corrected chi connectivity index (χ4v) is 2.75. The molecule has 6 nitrogen and oxygen atoms in total. The SMILES string of the molecule is CC(C)(C)OC(=O)N1C(O)CCC1C(=O)N1CCCC1. The van der Waals surface area contributed by atoms with Crippen molar-refractivity contribution in [2.45, 2.75) is 64.3 Å². The maximum atomic E-state index is 12.4. The number of carbonyl (C=O) groups excluding carboxylic acids is 2. The number of rotatable bonds is 1. The first-order valence-electron chi connectivity index (χ1n) is 7.28. The molecule has 2 atom stereocenters. The standard InChI is InChI=1S/C14H24N2O4/c1-14(2,3)20-13(19)16-10(6-7-11(16)17)12(18)15-8-4-5-9-15/h10-11,17H,4-9H2,1-3H3. The Morgan fingerprint density at radius 1 is 1.15 bits per heavy atom. The average molecular weight is 284 g/mol. The molecule has 6 heteroatoms. The van der Waals surface area contributed by atoms with Crippen LogP contribution in [-0.4, -0.2) is 57.9 Å². The fourth-order valence-electron chi connectivity index (χ4n) is 2.75. The van der Waals surface area contributed by atoms with Crippen molar-refractivity contribution in [3.63, 3.8) is 0 Å². The van der Waals surface area contributed by atoms with Crippen LogP contribution in [0.2, 0.25) is 0 Å². The third kappa shape index (κ3) is 3.23. The summed E-state index contributed by atoms with van der Waals surface area (Å²) in [6.45, 7) is 6.79. The van der Waals surface area contributed by atoms with Gasteiger partial charge < -0.3 is 14.7 Å². The molecule has 0 aliphatic carbocycles. The number of hydrogen-bond donors (Lipinski definition) is 1. The quantitative estimate of drug-likeness (QED) is 0.788. The monoisotopic (exact) mass is 284 g/mol. The Balaban J connectivity index is 2.07. The van der Waals surface area contributed by atoms with Gasteiger partial charge in [0, 0.05) is 13.1 Å². The number of aliphatic hydroxyl groups is 1. The van der Waals surface area contributed by atoms with Gasteiger partial charge in [-0.15, -0.1) is 0 Å². The number of carbonyl (C=O) groups is 2. The molecule has 0 aromatic carbocycles. The van der Waals surface area contributed by atoms with Crippen molar-refractivity contribution < 1.29 is 19.4 Å². The third-order valence-electron chi connectivity index (χ3n) is 3.66. The molecule has 2 fully saturated rings. The van der Waals surface area contributed by atoms with E-state index in [2.05, 4.69) is 0 Å². The lowest BCUT2D eigenvalue weighted by Crippen LogP contribution is -2.51. The van der Waals surface area contributed by atoms with Crippen LogP contribution in [0.25, 0.3) is 0 Å². The van der Waals surface area contributed by atoms with Gasteiger partial charge in [0.05, 0.1) is 0 Å². The van der Waals surface area contributed by atoms with Crippen molar-refractivity contribution in [1.82, 2.24) is 9.80 Å². The number of nitrogens with zero attached hydrogens (tertiary/aromatic N) is 2. The Labute approximate surface area is 119 Å². The maximum Gasteiger partial charge on any atom is 0.413 e. The van der Waals surface area contributed by atoms with E-state index in [9.17, 15) is 14.7 Å². The molecule has 2 saturated heterocycles. The summed E-state index contributed by atoms with van der Waals surface area (Å²) in [4.78, 5) is 27.6. The molecule has 2 unspecified atom stereocenters. The molecule has 2 heterocycles. The Morgan fingerprint density at radius 3 is 2.30 bits per heavy atom. The van der Waals surface area contributed by atoms with Gasteiger partial charge in [-0.25, -0.2) is 4.79 Å². The Kier molecular flexibility index (Phi) is 4.22. The lowest BCUT2D eigenvalue weighted by atomic mass is 10.2. The zero-order chi connectivity index (χ0) is 14.9. The van der Waals surface area contributed by atoms with Crippen molar-refractivity contribution >= 4 is 12.0 Å². The van der Waals surface area contributed by atoms with Crippen molar-refractivity contribution in [3.05, 3.63) is 0 Å². The number of likely N-dealkylation sites (tertiary alicyclic amines) is 2. The minimum atomic E-state index is -0.929. The lowest BCUT2D eigenvalue weighted by Gasteiger charge is -2.31. The van der Waals surface area contributed by atoms with Crippen LogP contribution in [0.5, 0.6) is 0 Å². The smallest absolute Gasteiger partial charge is 0.413 e. The Hall–Kier alpha value is -1.30. The average Bonchev–Trinajstić information content (AvgIpc) is 2.94. The van der Waals surface area contributed by atoms with Crippen LogP contribution in [0, 0.1) is 0 Å². The van der Waals surface area contributed by atoms with E-state index in [1.54, 1.807) is 25.7 Å². The van der Waals surface area contributed by atoms with Crippen LogP contribution in [0.3, 0.4) is 0 Å². The van der Waals surface area contributed by atoms with E-state index in [0.29, 0.717) is 12.8 Å². The zero-order valence-electron chi connectivity index (χ0n) is 12.5. The van der Waals surface area contributed by atoms with Crippen LogP contribution in [0.15, 0.2) is 0 Å². The second-order valence-electron chi connectivity index (χ2n) is 6.49. The molecule has 2 aliphatic rings. The highest BCUT2D eigenvalue weighted by atomic mass is 16.6. The van der Waals surface area contributed by atoms with Gasteiger partial charge in [-0.2, -0.15) is 0 Å². The molecule has 2 amide bonds. The number of hydrogen-bond acceptors (Lipinski definition) is 4. The number of ether oxygens (including phenoxy) is 1. The van der Waals surface area contributed by atoms with Gasteiger partial charge in [0.25, 0.3) is 0 Å². The van der Waals surface area contributed by atoms with E-state index in [-0.39, 0.29) is 5.91 Å². The van der Waals surface area contributed by atoms with Crippen molar-refractivity contribution in [3.8, 4) is 0 Å². The van der Waals surface area contributed by atoms with Crippen LogP contribution < -0.4 is 0 Å². The highest BCUT2D eigenvalue weighted by molar-refractivity contribution is 5.86. The summed E-state index contributed by atoms with van der Waals surface area (Å²) >= 11 is 0. The van der Waals surface area contributed by atoms with E-state index in [4.69, 9.17) is 4.74 Å². The Morgan fingerprint density at radius 2 is 1.75 bits per heavy atom. The third-order valence-corrected chi connectivity index (χ3v) is 3.66. The van der Waals surface area contributed by atoms with Crippen molar-refractivity contribution in [2.24, 2.45) is 0 Å². The molecule has 0 saturated carbocycles. The van der Waals surface area contributed by atoms with Crippen molar-refractivity contribution in [2.75, 3.05) is 13.1 Å². The molecule has 0 radical (unpaired) electrons. The van der Waals surface area contributed by atoms with E-state index in [1.165, 1.54) is 4.90 Å². The molecular weight excluding hydrogens is 260 g/mol. The van der Waals surface area contributed by atoms with Gasteiger partial charge in [0.1, 0.15) is 17.9 Å². The summed E-state index contributed by atoms with van der Waals surface area (Å²) in [6.07, 6.45) is 1.39. The molecule has 20 heavy (non-hydrogen) atoms. The fraction of sp³-hybridized carbons (Fsp3) is 0.857. The molecular formula is C14H24N2O4. The van der Waals surface area contributed by atoms with Gasteiger partial charge in [0.2, 0.25) is 5.91 Å². The normalized spacial score (nSPS) is 27.0. The van der Waals surface area contributed by atoms with Gasteiger partial charge in [-0.05, 0) is 46.5 Å². The van der Waals surface area contributed by atoms with Gasteiger partial charge in [-0.1, -0.05) is 0 Å². The lowest BCUT2D eigenvalue weighted by molar-refractivity contribution is -0.137. The van der Waals surface area contributed by atoms with Crippen LogP contribution in [0.4, 0.5) is 4.79 Å². The predicted octanol–water partition coefficient (Wildman–Crippen LogP) is 1.33. The minimum absolute atomic E-state index is 0.0649. The van der Waals surface area contributed by atoms with E-state index >= 15 is 0 Å². The van der Waals surface area contributed by atoms with Gasteiger partial charge in [-0.3, -0.25) is 9.69 Å². The molecule has 2 aliphatic heterocycles. The molecule has 1 N–H and O–H groups in total. The van der Waals surface area contributed by atoms with Crippen LogP contribution in [0.1, 0.15) is 46.5 Å². The Bertz CT molecular complexity index is 385. The van der Waals surface area contributed by atoms with Crippen LogP contribution in [-0.2, 0) is 9.53 Å². The summed E-state index contributed by atoms with van der Waals surface area (Å²) in [7, 11) is 0. The summed E-state index contributed by atoms with van der Waals surface area (Å²) < 4.78 is 5.29. The second kappa shape index (κ2) is 5.60. The first-order valence-corrected chi connectivity index (χ1v) is 7.28. The topological polar surface area (TPSA) is 70.1 Å². The molecule has 114 valence electrons. The summed E-state index contributed by atoms with van der Waals surface area (Å²) in [5.41, 5.74) is -0.638. The first kappa shape index (κ1) is 15.1. The van der Waals surface area contributed by atoms with E-state index < -0.39 is 24.0 Å². The number of aliphatic hydroxyl groups excluding tert-OH is 1. The molecule has 0 aromatic rings. The summed E-state index contributed by atoms with van der Waals surface area (Å²) in [6, 6.07) is -0.585. The first-order chi connectivity index (χ1) is 9.29.